The second kappa shape index (κ2) is 10.7. The largest absolute Gasteiger partial charge is 0.456 e. The van der Waals surface area contributed by atoms with Crippen LogP contribution in [-0.2, 0) is 11.2 Å². The third-order valence-electron chi connectivity index (χ3n) is 6.40. The number of nitrogens with zero attached hydrogens (tertiary/aromatic N) is 3. The first-order valence-electron chi connectivity index (χ1n) is 12.5. The van der Waals surface area contributed by atoms with Gasteiger partial charge in [-0.3, -0.25) is 19.8 Å². The Hall–Kier alpha value is -5.17. The molecule has 0 unspecified atom stereocenters. The van der Waals surface area contributed by atoms with Gasteiger partial charge in [0.1, 0.15) is 23.0 Å². The van der Waals surface area contributed by atoms with Gasteiger partial charge in [0.2, 0.25) is 0 Å². The van der Waals surface area contributed by atoms with Crippen LogP contribution in [0.15, 0.2) is 115 Å². The number of halogens is 1. The smallest absolute Gasteiger partial charge is 0.274 e. The number of benzene rings is 3. The molecule has 190 valence electrons. The van der Waals surface area contributed by atoms with Crippen molar-refractivity contribution in [2.45, 2.75) is 6.42 Å². The molecule has 0 fully saturated rings. The molecule has 0 saturated heterocycles. The number of fused-ring (bicyclic) bond motifs is 1. The molecular formula is C32H23FN4O2. The van der Waals surface area contributed by atoms with Crippen molar-refractivity contribution in [2.75, 3.05) is 11.9 Å². The predicted octanol–water partition coefficient (Wildman–Crippen LogP) is 6.73. The molecule has 0 spiro atoms. The van der Waals surface area contributed by atoms with Crippen LogP contribution in [-0.4, -0.2) is 28.1 Å². The molecule has 0 radical (unpaired) electrons. The first-order valence-corrected chi connectivity index (χ1v) is 12.5. The fourth-order valence-corrected chi connectivity index (χ4v) is 4.50. The highest BCUT2D eigenvalue weighted by Crippen LogP contribution is 2.29. The minimum absolute atomic E-state index is 0.312. The second-order valence-electron chi connectivity index (χ2n) is 9.07. The van der Waals surface area contributed by atoms with Crippen LogP contribution in [0.3, 0.4) is 0 Å². The van der Waals surface area contributed by atoms with E-state index in [1.807, 2.05) is 54.6 Å². The van der Waals surface area contributed by atoms with Crippen LogP contribution in [0.4, 0.5) is 10.1 Å². The van der Waals surface area contributed by atoms with E-state index in [1.54, 1.807) is 42.9 Å². The van der Waals surface area contributed by atoms with Gasteiger partial charge in [0.15, 0.2) is 0 Å². The van der Waals surface area contributed by atoms with Crippen LogP contribution >= 0.6 is 0 Å². The molecule has 0 aliphatic carbocycles. The van der Waals surface area contributed by atoms with Crippen molar-refractivity contribution in [3.05, 3.63) is 127 Å². The van der Waals surface area contributed by atoms with E-state index >= 15 is 0 Å². The SMILES string of the molecule is O=C(Nc1ccc(-c2cccc(F)c2)nc1)C1=NCCc2ccc(-c3cncc(Oc4ccccc4)c3)cc21. The van der Waals surface area contributed by atoms with Crippen molar-refractivity contribution in [1.29, 1.82) is 0 Å². The first-order chi connectivity index (χ1) is 19.1. The van der Waals surface area contributed by atoms with Gasteiger partial charge < -0.3 is 10.1 Å². The number of anilines is 1. The number of para-hydroxylation sites is 1. The van der Waals surface area contributed by atoms with Crippen molar-refractivity contribution < 1.29 is 13.9 Å². The van der Waals surface area contributed by atoms with E-state index in [2.05, 4.69) is 20.3 Å². The second-order valence-corrected chi connectivity index (χ2v) is 9.07. The summed E-state index contributed by atoms with van der Waals surface area (Å²) in [6, 6.07) is 27.2. The van der Waals surface area contributed by atoms with Gasteiger partial charge in [0.05, 0.1) is 23.8 Å². The molecular weight excluding hydrogens is 491 g/mol. The van der Waals surface area contributed by atoms with Crippen molar-refractivity contribution >= 4 is 17.3 Å². The number of carbonyl (C=O) groups is 1. The Balaban J connectivity index is 1.22. The summed E-state index contributed by atoms with van der Waals surface area (Å²) in [6.45, 7) is 0.536. The Bertz CT molecular complexity index is 1680. The Morgan fingerprint density at radius 1 is 0.795 bits per heavy atom. The van der Waals surface area contributed by atoms with E-state index < -0.39 is 0 Å². The normalized spacial score (nSPS) is 12.3. The Morgan fingerprint density at radius 2 is 1.69 bits per heavy atom. The number of pyridine rings is 2. The number of hydrogen-bond donors (Lipinski definition) is 1. The standard InChI is InChI=1S/C32H23FN4O2/c33-25-6-4-5-23(15-25)30-12-11-26(19-36-30)37-32(38)31-29-17-22(10-9-21(29)13-14-35-31)24-16-28(20-34-18-24)39-27-7-2-1-3-8-27/h1-12,15-20H,13-14H2,(H,37,38). The summed E-state index contributed by atoms with van der Waals surface area (Å²) in [6.07, 6.45) is 5.75. The van der Waals surface area contributed by atoms with Gasteiger partial charge in [-0.2, -0.15) is 0 Å². The highest BCUT2D eigenvalue weighted by molar-refractivity contribution is 6.49. The molecule has 0 bridgehead atoms. The molecule has 1 aliphatic rings. The first kappa shape index (κ1) is 24.2. The zero-order chi connectivity index (χ0) is 26.6. The molecule has 0 saturated carbocycles. The van der Waals surface area contributed by atoms with Crippen LogP contribution in [0.1, 0.15) is 11.1 Å². The Kier molecular flexibility index (Phi) is 6.62. The molecule has 2 aromatic heterocycles. The molecule has 1 aliphatic heterocycles. The molecule has 39 heavy (non-hydrogen) atoms. The molecule has 6 nitrogen and oxygen atoms in total. The molecule has 0 atom stereocenters. The lowest BCUT2D eigenvalue weighted by molar-refractivity contribution is -0.110. The van der Waals surface area contributed by atoms with E-state index in [4.69, 9.17) is 4.74 Å². The maximum absolute atomic E-state index is 13.6. The quantitative estimate of drug-likeness (QED) is 0.273. The number of nitrogens with one attached hydrogen (secondary N) is 1. The van der Waals surface area contributed by atoms with E-state index in [0.29, 0.717) is 35.0 Å². The number of carbonyl (C=O) groups excluding carboxylic acids is 1. The van der Waals surface area contributed by atoms with Crippen molar-refractivity contribution in [3.8, 4) is 33.9 Å². The summed E-state index contributed by atoms with van der Waals surface area (Å²) in [5, 5.41) is 2.90. The Labute approximate surface area is 224 Å². The maximum atomic E-state index is 13.6. The van der Waals surface area contributed by atoms with Gasteiger partial charge in [0, 0.05) is 29.4 Å². The van der Waals surface area contributed by atoms with Crippen LogP contribution in [0, 0.1) is 5.82 Å². The highest BCUT2D eigenvalue weighted by Gasteiger charge is 2.22. The average molecular weight is 515 g/mol. The fourth-order valence-electron chi connectivity index (χ4n) is 4.50. The van der Waals surface area contributed by atoms with Gasteiger partial charge in [-0.15, -0.1) is 0 Å². The number of rotatable bonds is 6. The van der Waals surface area contributed by atoms with Crippen LogP contribution in [0.25, 0.3) is 22.4 Å². The third-order valence-corrected chi connectivity index (χ3v) is 6.40. The number of aromatic nitrogens is 2. The van der Waals surface area contributed by atoms with E-state index in [-0.39, 0.29) is 11.7 Å². The minimum Gasteiger partial charge on any atom is -0.456 e. The van der Waals surface area contributed by atoms with Gasteiger partial charge in [-0.05, 0) is 66.1 Å². The monoisotopic (exact) mass is 514 g/mol. The molecule has 6 rings (SSSR count). The zero-order valence-corrected chi connectivity index (χ0v) is 20.8. The van der Waals surface area contributed by atoms with Gasteiger partial charge in [0.25, 0.3) is 5.91 Å². The fraction of sp³-hybridized carbons (Fsp3) is 0.0625. The predicted molar refractivity (Wildman–Crippen MR) is 150 cm³/mol. The number of hydrogen-bond acceptors (Lipinski definition) is 5. The van der Waals surface area contributed by atoms with Crippen LogP contribution in [0.5, 0.6) is 11.5 Å². The summed E-state index contributed by atoms with van der Waals surface area (Å²) in [4.78, 5) is 26.6. The number of aliphatic imine (C=N–C) groups is 1. The maximum Gasteiger partial charge on any atom is 0.274 e. The topological polar surface area (TPSA) is 76.5 Å². The van der Waals surface area contributed by atoms with Crippen molar-refractivity contribution in [2.24, 2.45) is 4.99 Å². The number of amides is 1. The lowest BCUT2D eigenvalue weighted by atomic mass is 9.93. The lowest BCUT2D eigenvalue weighted by Gasteiger charge is -2.18. The summed E-state index contributed by atoms with van der Waals surface area (Å²) in [7, 11) is 0. The summed E-state index contributed by atoms with van der Waals surface area (Å²) in [5.41, 5.74) is 5.80. The lowest BCUT2D eigenvalue weighted by Crippen LogP contribution is -2.27. The van der Waals surface area contributed by atoms with Crippen molar-refractivity contribution in [3.63, 3.8) is 0 Å². The molecule has 1 amide bonds. The van der Waals surface area contributed by atoms with Crippen molar-refractivity contribution in [1.82, 2.24) is 9.97 Å². The molecule has 5 aromatic rings. The van der Waals surface area contributed by atoms with E-state index in [1.165, 1.54) is 12.1 Å². The summed E-state index contributed by atoms with van der Waals surface area (Å²) >= 11 is 0. The number of ether oxygens (including phenoxy) is 1. The summed E-state index contributed by atoms with van der Waals surface area (Å²) < 4.78 is 19.5. The summed E-state index contributed by atoms with van der Waals surface area (Å²) in [5.74, 6) is 0.711. The average Bonchev–Trinajstić information content (AvgIpc) is 2.97. The van der Waals surface area contributed by atoms with E-state index in [9.17, 15) is 9.18 Å². The molecule has 7 heteroatoms. The molecule has 1 N–H and O–H groups in total. The molecule has 3 aromatic carbocycles. The van der Waals surface area contributed by atoms with E-state index in [0.717, 1.165) is 34.4 Å². The van der Waals surface area contributed by atoms with Gasteiger partial charge in [-0.1, -0.05) is 42.5 Å². The molecule has 3 heterocycles. The highest BCUT2D eigenvalue weighted by atomic mass is 19.1. The van der Waals surface area contributed by atoms with Gasteiger partial charge >= 0.3 is 0 Å². The Morgan fingerprint density at radius 3 is 2.51 bits per heavy atom. The zero-order valence-electron chi connectivity index (χ0n) is 20.8. The third kappa shape index (κ3) is 5.43. The van der Waals surface area contributed by atoms with Crippen LogP contribution in [0.2, 0.25) is 0 Å². The van der Waals surface area contributed by atoms with Gasteiger partial charge in [-0.25, -0.2) is 4.39 Å². The minimum atomic E-state index is -0.328. The van der Waals surface area contributed by atoms with Crippen LogP contribution < -0.4 is 10.1 Å².